The van der Waals surface area contributed by atoms with Crippen LogP contribution in [0, 0.1) is 18.3 Å². The van der Waals surface area contributed by atoms with Gasteiger partial charge in [0.2, 0.25) is 5.88 Å². The number of ether oxygens (including phenoxy) is 1. The standard InChI is InChI=1S/C16H19N7O/c1-13-2-3-15(21-20-13)24-11-10-22-6-8-23(9-7-22)16-14(12-17)18-4-5-19-16/h2-5H,6-11H2,1H3. The minimum absolute atomic E-state index is 0.382. The number of nitriles is 1. The van der Waals surface area contributed by atoms with E-state index in [1.807, 2.05) is 19.1 Å². The van der Waals surface area contributed by atoms with E-state index < -0.39 is 0 Å². The van der Waals surface area contributed by atoms with Crippen LogP contribution >= 0.6 is 0 Å². The predicted octanol–water partition coefficient (Wildman–Crippen LogP) is 0.648. The van der Waals surface area contributed by atoms with Gasteiger partial charge < -0.3 is 9.64 Å². The highest BCUT2D eigenvalue weighted by molar-refractivity contribution is 5.49. The molecule has 124 valence electrons. The van der Waals surface area contributed by atoms with Crippen molar-refractivity contribution < 1.29 is 4.74 Å². The van der Waals surface area contributed by atoms with E-state index >= 15 is 0 Å². The zero-order valence-corrected chi connectivity index (χ0v) is 13.6. The molecule has 1 fully saturated rings. The van der Waals surface area contributed by atoms with Crippen LogP contribution in [0.25, 0.3) is 0 Å². The zero-order chi connectivity index (χ0) is 16.8. The second-order valence-corrected chi connectivity index (χ2v) is 5.53. The van der Waals surface area contributed by atoms with Crippen LogP contribution in [-0.2, 0) is 0 Å². The van der Waals surface area contributed by atoms with E-state index in [9.17, 15) is 0 Å². The van der Waals surface area contributed by atoms with E-state index in [4.69, 9.17) is 10.00 Å². The van der Waals surface area contributed by atoms with E-state index in [1.54, 1.807) is 12.4 Å². The molecule has 3 rings (SSSR count). The number of aryl methyl sites for hydroxylation is 1. The van der Waals surface area contributed by atoms with Gasteiger partial charge in [0.1, 0.15) is 12.7 Å². The van der Waals surface area contributed by atoms with Crippen LogP contribution in [0.4, 0.5) is 5.82 Å². The Balaban J connectivity index is 1.45. The molecule has 24 heavy (non-hydrogen) atoms. The van der Waals surface area contributed by atoms with Gasteiger partial charge in [-0.05, 0) is 13.0 Å². The van der Waals surface area contributed by atoms with Gasteiger partial charge in [-0.15, -0.1) is 5.10 Å². The molecular formula is C16H19N7O. The third kappa shape index (κ3) is 3.94. The number of aromatic nitrogens is 4. The predicted molar refractivity (Wildman–Crippen MR) is 87.7 cm³/mol. The van der Waals surface area contributed by atoms with Crippen molar-refractivity contribution in [1.82, 2.24) is 25.1 Å². The lowest BCUT2D eigenvalue weighted by Gasteiger charge is -2.35. The average molecular weight is 325 g/mol. The highest BCUT2D eigenvalue weighted by atomic mass is 16.5. The first kappa shape index (κ1) is 16.1. The van der Waals surface area contributed by atoms with Gasteiger partial charge in [-0.25, -0.2) is 9.97 Å². The maximum atomic E-state index is 9.13. The molecule has 0 aromatic carbocycles. The van der Waals surface area contributed by atoms with Gasteiger partial charge in [-0.1, -0.05) is 0 Å². The van der Waals surface area contributed by atoms with Crippen molar-refractivity contribution in [2.24, 2.45) is 0 Å². The van der Waals surface area contributed by atoms with Crippen LogP contribution < -0.4 is 9.64 Å². The SMILES string of the molecule is Cc1ccc(OCCN2CCN(c3nccnc3C#N)CC2)nn1. The number of nitrogens with zero attached hydrogens (tertiary/aromatic N) is 7. The first-order valence-electron chi connectivity index (χ1n) is 7.88. The van der Waals surface area contributed by atoms with Crippen molar-refractivity contribution in [2.75, 3.05) is 44.2 Å². The zero-order valence-electron chi connectivity index (χ0n) is 13.6. The maximum absolute atomic E-state index is 9.13. The summed E-state index contributed by atoms with van der Waals surface area (Å²) >= 11 is 0. The molecule has 0 saturated carbocycles. The minimum atomic E-state index is 0.382. The molecule has 0 aliphatic carbocycles. The molecule has 0 N–H and O–H groups in total. The van der Waals surface area contributed by atoms with Gasteiger partial charge in [0.05, 0.1) is 5.69 Å². The fraction of sp³-hybridized carbons (Fsp3) is 0.438. The van der Waals surface area contributed by atoms with Crippen LogP contribution in [-0.4, -0.2) is 64.4 Å². The Morgan fingerprint density at radius 1 is 1.12 bits per heavy atom. The van der Waals surface area contributed by atoms with Crippen LogP contribution in [0.5, 0.6) is 5.88 Å². The summed E-state index contributed by atoms with van der Waals surface area (Å²) in [7, 11) is 0. The summed E-state index contributed by atoms with van der Waals surface area (Å²) in [5.41, 5.74) is 1.26. The molecule has 2 aromatic heterocycles. The number of hydrogen-bond donors (Lipinski definition) is 0. The second kappa shape index (κ2) is 7.66. The molecular weight excluding hydrogens is 306 g/mol. The quantitative estimate of drug-likeness (QED) is 0.791. The normalized spacial score (nSPS) is 15.1. The van der Waals surface area contributed by atoms with Gasteiger partial charge >= 0.3 is 0 Å². The molecule has 8 heteroatoms. The van der Waals surface area contributed by atoms with Gasteiger partial charge in [-0.3, -0.25) is 4.90 Å². The minimum Gasteiger partial charge on any atom is -0.475 e. The van der Waals surface area contributed by atoms with Gasteiger partial charge in [0.15, 0.2) is 11.5 Å². The molecule has 1 aliphatic rings. The van der Waals surface area contributed by atoms with Crippen molar-refractivity contribution in [2.45, 2.75) is 6.92 Å². The molecule has 8 nitrogen and oxygen atoms in total. The highest BCUT2D eigenvalue weighted by Gasteiger charge is 2.20. The summed E-state index contributed by atoms with van der Waals surface area (Å²) in [6, 6.07) is 5.81. The lowest BCUT2D eigenvalue weighted by atomic mass is 10.3. The van der Waals surface area contributed by atoms with Crippen molar-refractivity contribution in [1.29, 1.82) is 5.26 Å². The molecule has 0 spiro atoms. The summed E-state index contributed by atoms with van der Waals surface area (Å²) < 4.78 is 5.62. The second-order valence-electron chi connectivity index (χ2n) is 5.53. The van der Waals surface area contributed by atoms with Gasteiger partial charge in [0, 0.05) is 51.2 Å². The lowest BCUT2D eigenvalue weighted by molar-refractivity contribution is 0.195. The molecule has 0 amide bonds. The molecule has 0 unspecified atom stereocenters. The van der Waals surface area contributed by atoms with Crippen molar-refractivity contribution in [3.8, 4) is 11.9 Å². The van der Waals surface area contributed by atoms with Crippen LogP contribution in [0.1, 0.15) is 11.4 Å². The Kier molecular flexibility index (Phi) is 5.13. The van der Waals surface area contributed by atoms with Gasteiger partial charge in [0.25, 0.3) is 0 Å². The van der Waals surface area contributed by atoms with Crippen LogP contribution in [0.15, 0.2) is 24.5 Å². The Bertz CT molecular complexity index is 705. The molecule has 3 heterocycles. The number of hydrogen-bond acceptors (Lipinski definition) is 8. The van der Waals surface area contributed by atoms with E-state index in [0.29, 0.717) is 24.0 Å². The van der Waals surface area contributed by atoms with Crippen LogP contribution in [0.3, 0.4) is 0 Å². The van der Waals surface area contributed by atoms with E-state index in [1.165, 1.54) is 0 Å². The number of rotatable bonds is 5. The molecule has 0 bridgehead atoms. The third-order valence-electron chi connectivity index (χ3n) is 3.89. The van der Waals surface area contributed by atoms with E-state index in [2.05, 4.69) is 36.0 Å². The fourth-order valence-corrected chi connectivity index (χ4v) is 2.57. The highest BCUT2D eigenvalue weighted by Crippen LogP contribution is 2.16. The van der Waals surface area contributed by atoms with E-state index in [0.717, 1.165) is 38.4 Å². The Labute approximate surface area is 140 Å². The summed E-state index contributed by atoms with van der Waals surface area (Å²) in [5.74, 6) is 1.23. The number of anilines is 1. The third-order valence-corrected chi connectivity index (χ3v) is 3.89. The van der Waals surface area contributed by atoms with Crippen molar-refractivity contribution >= 4 is 5.82 Å². The Hall–Kier alpha value is -2.79. The molecule has 1 saturated heterocycles. The molecule has 2 aromatic rings. The topological polar surface area (TPSA) is 91.1 Å². The molecule has 1 aliphatic heterocycles. The number of piperazine rings is 1. The Morgan fingerprint density at radius 2 is 1.92 bits per heavy atom. The summed E-state index contributed by atoms with van der Waals surface area (Å²) in [6.07, 6.45) is 3.17. The monoisotopic (exact) mass is 325 g/mol. The van der Waals surface area contributed by atoms with Gasteiger partial charge in [-0.2, -0.15) is 10.4 Å². The molecule has 0 radical (unpaired) electrons. The maximum Gasteiger partial charge on any atom is 0.233 e. The lowest BCUT2D eigenvalue weighted by Crippen LogP contribution is -2.48. The summed E-state index contributed by atoms with van der Waals surface area (Å²) in [4.78, 5) is 12.8. The average Bonchev–Trinajstić information content (AvgIpc) is 2.64. The van der Waals surface area contributed by atoms with E-state index in [-0.39, 0.29) is 0 Å². The van der Waals surface area contributed by atoms with Crippen molar-refractivity contribution in [3.05, 3.63) is 35.9 Å². The Morgan fingerprint density at radius 3 is 2.62 bits per heavy atom. The summed E-state index contributed by atoms with van der Waals surface area (Å²) in [5, 5.41) is 17.1. The fourth-order valence-electron chi connectivity index (χ4n) is 2.57. The first-order chi connectivity index (χ1) is 11.8. The summed E-state index contributed by atoms with van der Waals surface area (Å²) in [6.45, 7) is 6.72. The van der Waals surface area contributed by atoms with Crippen molar-refractivity contribution in [3.63, 3.8) is 0 Å². The smallest absolute Gasteiger partial charge is 0.233 e. The van der Waals surface area contributed by atoms with Crippen LogP contribution in [0.2, 0.25) is 0 Å². The molecule has 0 atom stereocenters. The first-order valence-corrected chi connectivity index (χ1v) is 7.88. The largest absolute Gasteiger partial charge is 0.475 e.